The Morgan fingerprint density at radius 1 is 1.16 bits per heavy atom. The molecule has 0 heterocycles. The van der Waals surface area contributed by atoms with Gasteiger partial charge in [-0.15, -0.1) is 0 Å². The highest BCUT2D eigenvalue weighted by molar-refractivity contribution is 5.95. The number of ether oxygens (including phenoxy) is 1. The van der Waals surface area contributed by atoms with Gasteiger partial charge in [0, 0.05) is 24.7 Å². The fourth-order valence-electron chi connectivity index (χ4n) is 3.61. The number of Topliss-reactive ketones (excluding diaryl/α,β-unsaturated/α-hetero) is 1. The highest BCUT2D eigenvalue weighted by Crippen LogP contribution is 2.66. The first-order chi connectivity index (χ1) is 8.94. The van der Waals surface area contributed by atoms with Gasteiger partial charge in [-0.2, -0.15) is 0 Å². The van der Waals surface area contributed by atoms with Crippen molar-refractivity contribution in [1.29, 1.82) is 0 Å². The molecule has 0 saturated heterocycles. The minimum atomic E-state index is -0.549. The van der Waals surface area contributed by atoms with Crippen molar-refractivity contribution >= 4 is 11.8 Å². The van der Waals surface area contributed by atoms with Crippen molar-refractivity contribution in [2.45, 2.75) is 32.8 Å². The molecule has 2 fully saturated rings. The van der Waals surface area contributed by atoms with Crippen LogP contribution < -0.4 is 0 Å². The number of fused-ring (bicyclic) bond motifs is 1. The smallest absolute Gasteiger partial charge is 0.302 e. The molecule has 1 aromatic rings. The standard InChI is InChI=1S/C16H18O3/c1-9(17)19-15-13-11(10-7-5-4-6-8-10)12(13)14(18)16(15,2)3/h4-8,11-13,15H,1-3H3/t11-,12+,13-,15+/m1/s1. The van der Waals surface area contributed by atoms with E-state index < -0.39 is 5.41 Å². The van der Waals surface area contributed by atoms with Gasteiger partial charge in [-0.1, -0.05) is 30.3 Å². The minimum absolute atomic E-state index is 0.0294. The maximum absolute atomic E-state index is 12.5. The van der Waals surface area contributed by atoms with Crippen LogP contribution >= 0.6 is 0 Å². The van der Waals surface area contributed by atoms with E-state index in [4.69, 9.17) is 4.74 Å². The molecule has 0 N–H and O–H groups in total. The van der Waals surface area contributed by atoms with E-state index in [0.29, 0.717) is 0 Å². The molecule has 2 aliphatic carbocycles. The number of benzene rings is 1. The number of hydrogen-bond acceptors (Lipinski definition) is 3. The van der Waals surface area contributed by atoms with Crippen LogP contribution in [0.3, 0.4) is 0 Å². The van der Waals surface area contributed by atoms with Crippen molar-refractivity contribution in [1.82, 2.24) is 0 Å². The summed E-state index contributed by atoms with van der Waals surface area (Å²) in [5, 5.41) is 0. The Hall–Kier alpha value is -1.64. The maximum atomic E-state index is 12.5. The van der Waals surface area contributed by atoms with Gasteiger partial charge in [0.2, 0.25) is 0 Å². The predicted octanol–water partition coefficient (Wildman–Crippen LogP) is 2.56. The zero-order valence-corrected chi connectivity index (χ0v) is 11.4. The number of ketones is 1. The van der Waals surface area contributed by atoms with Gasteiger partial charge in [0.1, 0.15) is 11.9 Å². The molecule has 0 spiro atoms. The van der Waals surface area contributed by atoms with Gasteiger partial charge in [0.15, 0.2) is 0 Å². The zero-order chi connectivity index (χ0) is 13.8. The molecule has 2 aliphatic rings. The minimum Gasteiger partial charge on any atom is -0.461 e. The van der Waals surface area contributed by atoms with Crippen LogP contribution in [-0.2, 0) is 14.3 Å². The monoisotopic (exact) mass is 258 g/mol. The summed E-state index contributed by atoms with van der Waals surface area (Å²) in [6, 6.07) is 10.0. The van der Waals surface area contributed by atoms with Gasteiger partial charge in [-0.25, -0.2) is 0 Å². The van der Waals surface area contributed by atoms with Crippen molar-refractivity contribution in [3.63, 3.8) is 0 Å². The number of hydrogen-bond donors (Lipinski definition) is 0. The summed E-state index contributed by atoms with van der Waals surface area (Å²) in [7, 11) is 0. The van der Waals surface area contributed by atoms with E-state index in [1.807, 2.05) is 44.2 Å². The average molecular weight is 258 g/mol. The van der Waals surface area contributed by atoms with Gasteiger partial charge in [0.25, 0.3) is 0 Å². The number of carbonyl (C=O) groups excluding carboxylic acids is 2. The van der Waals surface area contributed by atoms with Crippen molar-refractivity contribution < 1.29 is 14.3 Å². The summed E-state index contributed by atoms with van der Waals surface area (Å²) >= 11 is 0. The van der Waals surface area contributed by atoms with Crippen molar-refractivity contribution in [2.75, 3.05) is 0 Å². The normalized spacial score (nSPS) is 34.8. The summed E-state index contributed by atoms with van der Waals surface area (Å²) in [5.41, 5.74) is 0.630. The van der Waals surface area contributed by atoms with Crippen LogP contribution in [0.4, 0.5) is 0 Å². The Morgan fingerprint density at radius 3 is 2.37 bits per heavy atom. The Labute approximate surface area is 113 Å². The topological polar surface area (TPSA) is 43.4 Å². The lowest BCUT2D eigenvalue weighted by Gasteiger charge is -2.29. The van der Waals surface area contributed by atoms with Gasteiger partial charge < -0.3 is 4.74 Å². The van der Waals surface area contributed by atoms with Crippen LogP contribution in [0.1, 0.15) is 32.3 Å². The zero-order valence-electron chi connectivity index (χ0n) is 11.4. The molecule has 3 rings (SSSR count). The highest BCUT2D eigenvalue weighted by Gasteiger charge is 2.71. The van der Waals surface area contributed by atoms with Gasteiger partial charge in [-0.05, 0) is 19.4 Å². The molecule has 0 aliphatic heterocycles. The van der Waals surface area contributed by atoms with Gasteiger partial charge in [-0.3, -0.25) is 9.59 Å². The summed E-state index contributed by atoms with van der Waals surface area (Å²) in [6.07, 6.45) is -0.285. The molecule has 0 aromatic heterocycles. The quantitative estimate of drug-likeness (QED) is 0.766. The van der Waals surface area contributed by atoms with E-state index in [2.05, 4.69) is 0 Å². The lowest BCUT2D eigenvalue weighted by molar-refractivity contribution is -0.154. The van der Waals surface area contributed by atoms with E-state index in [0.717, 1.165) is 0 Å². The average Bonchev–Trinajstić information content (AvgIpc) is 3.05. The molecule has 2 saturated carbocycles. The van der Waals surface area contributed by atoms with Crippen molar-refractivity contribution in [3.8, 4) is 0 Å². The van der Waals surface area contributed by atoms with E-state index in [1.54, 1.807) is 0 Å². The van der Waals surface area contributed by atoms with Crippen LogP contribution in [0.5, 0.6) is 0 Å². The second-order valence-electron chi connectivity index (χ2n) is 6.16. The molecule has 0 bridgehead atoms. The Kier molecular flexibility index (Phi) is 2.56. The molecule has 19 heavy (non-hydrogen) atoms. The fraction of sp³-hybridized carbons (Fsp3) is 0.500. The van der Waals surface area contributed by atoms with Crippen LogP contribution in [0.2, 0.25) is 0 Å². The number of esters is 1. The number of carbonyl (C=O) groups is 2. The number of rotatable bonds is 2. The summed E-state index contributed by atoms with van der Waals surface area (Å²) < 4.78 is 5.44. The summed E-state index contributed by atoms with van der Waals surface area (Å²) in [6.45, 7) is 5.18. The molecule has 100 valence electrons. The highest BCUT2D eigenvalue weighted by atomic mass is 16.5. The van der Waals surface area contributed by atoms with Crippen LogP contribution in [0.25, 0.3) is 0 Å². The Morgan fingerprint density at radius 2 is 1.79 bits per heavy atom. The maximum Gasteiger partial charge on any atom is 0.302 e. The molecular weight excluding hydrogens is 240 g/mol. The van der Waals surface area contributed by atoms with Gasteiger partial charge >= 0.3 is 5.97 Å². The van der Waals surface area contributed by atoms with Crippen LogP contribution in [0, 0.1) is 17.3 Å². The molecule has 0 unspecified atom stereocenters. The van der Waals surface area contributed by atoms with Crippen LogP contribution in [-0.4, -0.2) is 17.9 Å². The second kappa shape index (κ2) is 3.92. The largest absolute Gasteiger partial charge is 0.461 e. The Bertz CT molecular complexity index is 532. The van der Waals surface area contributed by atoms with E-state index in [9.17, 15) is 9.59 Å². The first-order valence-corrected chi connectivity index (χ1v) is 6.71. The lowest BCUT2D eigenvalue weighted by Crippen LogP contribution is -2.37. The van der Waals surface area contributed by atoms with Gasteiger partial charge in [0.05, 0.1) is 5.41 Å². The first kappa shape index (κ1) is 12.4. The molecule has 3 heteroatoms. The van der Waals surface area contributed by atoms with E-state index in [1.165, 1.54) is 12.5 Å². The first-order valence-electron chi connectivity index (χ1n) is 6.71. The van der Waals surface area contributed by atoms with Crippen molar-refractivity contribution in [3.05, 3.63) is 35.9 Å². The fourth-order valence-corrected chi connectivity index (χ4v) is 3.61. The Balaban J connectivity index is 1.90. The SMILES string of the molecule is CC(=O)O[C@H]1[C@H]2[C@@H](C(=O)C1(C)C)[C@H]2c1ccccc1. The van der Waals surface area contributed by atoms with E-state index >= 15 is 0 Å². The molecule has 4 atom stereocenters. The second-order valence-corrected chi connectivity index (χ2v) is 6.16. The summed E-state index contributed by atoms with van der Waals surface area (Å²) in [4.78, 5) is 23.7. The molecular formula is C16H18O3. The van der Waals surface area contributed by atoms with Crippen LogP contribution in [0.15, 0.2) is 30.3 Å². The molecule has 3 nitrogen and oxygen atoms in total. The lowest BCUT2D eigenvalue weighted by atomic mass is 9.81. The molecule has 0 amide bonds. The molecule has 0 radical (unpaired) electrons. The third-order valence-corrected chi connectivity index (χ3v) is 4.55. The molecule has 1 aromatic carbocycles. The van der Waals surface area contributed by atoms with Crippen molar-refractivity contribution in [2.24, 2.45) is 17.3 Å². The predicted molar refractivity (Wildman–Crippen MR) is 70.5 cm³/mol. The third-order valence-electron chi connectivity index (χ3n) is 4.55. The van der Waals surface area contributed by atoms with E-state index in [-0.39, 0.29) is 35.6 Å². The summed E-state index contributed by atoms with van der Waals surface area (Å²) in [5.74, 6) is 0.351. The third kappa shape index (κ3) is 1.71.